The first-order valence-corrected chi connectivity index (χ1v) is 5.72. The van der Waals surface area contributed by atoms with Crippen LogP contribution in [0.5, 0.6) is 11.5 Å². The normalized spacial score (nSPS) is 11.8. The summed E-state index contributed by atoms with van der Waals surface area (Å²) in [4.78, 5) is 11.6. The minimum Gasteiger partial charge on any atom is -0.497 e. The van der Waals surface area contributed by atoms with Gasteiger partial charge in [0, 0.05) is 18.2 Å². The number of hydrogen-bond acceptors (Lipinski definition) is 4. The molecule has 0 unspecified atom stereocenters. The van der Waals surface area contributed by atoms with Crippen LogP contribution < -0.4 is 14.8 Å². The van der Waals surface area contributed by atoms with Gasteiger partial charge < -0.3 is 19.9 Å². The fourth-order valence-corrected chi connectivity index (χ4v) is 1.49. The van der Waals surface area contributed by atoms with E-state index < -0.39 is 6.10 Å². The van der Waals surface area contributed by atoms with Crippen LogP contribution in [0.15, 0.2) is 18.2 Å². The molecule has 1 amide bonds. The summed E-state index contributed by atoms with van der Waals surface area (Å²) in [6, 6.07) is 5.30. The van der Waals surface area contributed by atoms with E-state index in [0.29, 0.717) is 11.5 Å². The van der Waals surface area contributed by atoms with Gasteiger partial charge in [0.25, 0.3) is 0 Å². The van der Waals surface area contributed by atoms with E-state index in [1.165, 1.54) is 0 Å². The minimum absolute atomic E-state index is 0.153. The monoisotopic (exact) mass is 253 g/mol. The molecule has 18 heavy (non-hydrogen) atoms. The summed E-state index contributed by atoms with van der Waals surface area (Å²) in [7, 11) is 3.12. The third kappa shape index (κ3) is 4.25. The molecule has 0 fully saturated rings. The zero-order valence-corrected chi connectivity index (χ0v) is 10.9. The Balaban J connectivity index is 2.68. The SMILES string of the molecule is COc1ccc(CC(=O)NC[C@H](C)O)c(OC)c1. The van der Waals surface area contributed by atoms with Crippen molar-refractivity contribution >= 4 is 5.91 Å². The number of rotatable bonds is 6. The largest absolute Gasteiger partial charge is 0.497 e. The van der Waals surface area contributed by atoms with E-state index in [0.717, 1.165) is 5.56 Å². The number of hydrogen-bond donors (Lipinski definition) is 2. The van der Waals surface area contributed by atoms with Gasteiger partial charge in [0.1, 0.15) is 11.5 Å². The predicted molar refractivity (Wildman–Crippen MR) is 67.9 cm³/mol. The fourth-order valence-electron chi connectivity index (χ4n) is 1.49. The Labute approximate surface area is 107 Å². The second-order valence-electron chi connectivity index (χ2n) is 4.01. The van der Waals surface area contributed by atoms with Crippen molar-refractivity contribution in [2.75, 3.05) is 20.8 Å². The number of carbonyl (C=O) groups is 1. The second kappa shape index (κ2) is 6.86. The molecule has 0 bridgehead atoms. The number of aliphatic hydroxyl groups is 1. The van der Waals surface area contributed by atoms with E-state index in [1.807, 2.05) is 0 Å². The summed E-state index contributed by atoms with van der Waals surface area (Å²) in [5.74, 6) is 1.14. The van der Waals surface area contributed by atoms with Crippen molar-refractivity contribution in [3.8, 4) is 11.5 Å². The number of ether oxygens (including phenoxy) is 2. The lowest BCUT2D eigenvalue weighted by molar-refractivity contribution is -0.120. The Hall–Kier alpha value is -1.75. The smallest absolute Gasteiger partial charge is 0.224 e. The molecule has 1 aromatic carbocycles. The topological polar surface area (TPSA) is 67.8 Å². The third-order valence-corrected chi connectivity index (χ3v) is 2.44. The van der Waals surface area contributed by atoms with E-state index in [9.17, 15) is 4.79 Å². The van der Waals surface area contributed by atoms with E-state index in [-0.39, 0.29) is 18.9 Å². The summed E-state index contributed by atoms with van der Waals surface area (Å²) >= 11 is 0. The van der Waals surface area contributed by atoms with Gasteiger partial charge in [-0.3, -0.25) is 4.79 Å². The van der Waals surface area contributed by atoms with Crippen molar-refractivity contribution < 1.29 is 19.4 Å². The highest BCUT2D eigenvalue weighted by Crippen LogP contribution is 2.24. The lowest BCUT2D eigenvalue weighted by atomic mass is 10.1. The van der Waals surface area contributed by atoms with Crippen LogP contribution in [-0.4, -0.2) is 37.9 Å². The predicted octanol–water partition coefficient (Wildman–Crippen LogP) is 0.743. The van der Waals surface area contributed by atoms with E-state index in [1.54, 1.807) is 39.3 Å². The first-order chi connectivity index (χ1) is 8.56. The lowest BCUT2D eigenvalue weighted by Crippen LogP contribution is -2.31. The van der Waals surface area contributed by atoms with Gasteiger partial charge in [-0.15, -0.1) is 0 Å². The van der Waals surface area contributed by atoms with Crippen LogP contribution in [0, 0.1) is 0 Å². The average molecular weight is 253 g/mol. The molecule has 0 aromatic heterocycles. The van der Waals surface area contributed by atoms with Crippen LogP contribution >= 0.6 is 0 Å². The number of carbonyl (C=O) groups excluding carboxylic acids is 1. The molecule has 0 aliphatic rings. The molecule has 0 saturated heterocycles. The zero-order valence-electron chi connectivity index (χ0n) is 10.9. The maximum absolute atomic E-state index is 11.6. The van der Waals surface area contributed by atoms with Gasteiger partial charge in [-0.1, -0.05) is 6.07 Å². The molecule has 0 aliphatic carbocycles. The highest BCUT2D eigenvalue weighted by molar-refractivity contribution is 5.79. The third-order valence-electron chi connectivity index (χ3n) is 2.44. The van der Waals surface area contributed by atoms with Crippen molar-refractivity contribution in [3.63, 3.8) is 0 Å². The molecule has 5 nitrogen and oxygen atoms in total. The van der Waals surface area contributed by atoms with Crippen LogP contribution in [0.3, 0.4) is 0 Å². The molecule has 0 aliphatic heterocycles. The summed E-state index contributed by atoms with van der Waals surface area (Å²) in [5, 5.41) is 11.7. The zero-order chi connectivity index (χ0) is 13.5. The molecule has 5 heteroatoms. The highest BCUT2D eigenvalue weighted by atomic mass is 16.5. The van der Waals surface area contributed by atoms with E-state index in [2.05, 4.69) is 5.32 Å². The number of methoxy groups -OCH3 is 2. The molecule has 0 radical (unpaired) electrons. The quantitative estimate of drug-likeness (QED) is 0.785. The molecule has 100 valence electrons. The fraction of sp³-hybridized carbons (Fsp3) is 0.462. The van der Waals surface area contributed by atoms with Crippen molar-refractivity contribution in [1.82, 2.24) is 5.32 Å². The summed E-state index contributed by atoms with van der Waals surface area (Å²) in [6.07, 6.45) is -0.341. The molecule has 0 heterocycles. The molecule has 0 spiro atoms. The first kappa shape index (κ1) is 14.3. The Morgan fingerprint density at radius 2 is 2.11 bits per heavy atom. The van der Waals surface area contributed by atoms with Crippen LogP contribution in [-0.2, 0) is 11.2 Å². The van der Waals surface area contributed by atoms with Crippen LogP contribution in [0.2, 0.25) is 0 Å². The Bertz CT molecular complexity index is 404. The van der Waals surface area contributed by atoms with E-state index >= 15 is 0 Å². The Morgan fingerprint density at radius 1 is 1.39 bits per heavy atom. The van der Waals surface area contributed by atoms with Crippen LogP contribution in [0.1, 0.15) is 12.5 Å². The van der Waals surface area contributed by atoms with Crippen LogP contribution in [0.4, 0.5) is 0 Å². The molecule has 1 atom stereocenters. The lowest BCUT2D eigenvalue weighted by Gasteiger charge is -2.11. The van der Waals surface area contributed by atoms with Crippen molar-refractivity contribution in [3.05, 3.63) is 23.8 Å². The average Bonchev–Trinajstić information content (AvgIpc) is 2.36. The summed E-state index contributed by atoms with van der Waals surface area (Å²) in [6.45, 7) is 1.87. The van der Waals surface area contributed by atoms with Gasteiger partial charge >= 0.3 is 0 Å². The number of aliphatic hydroxyl groups excluding tert-OH is 1. The van der Waals surface area contributed by atoms with E-state index in [4.69, 9.17) is 14.6 Å². The molecule has 1 rings (SSSR count). The Kier molecular flexibility index (Phi) is 5.45. The number of nitrogens with one attached hydrogen (secondary N) is 1. The maximum Gasteiger partial charge on any atom is 0.224 e. The molecule has 1 aromatic rings. The molecular formula is C13H19NO4. The van der Waals surface area contributed by atoms with Gasteiger partial charge in [-0.2, -0.15) is 0 Å². The van der Waals surface area contributed by atoms with Gasteiger partial charge in [-0.05, 0) is 13.0 Å². The summed E-state index contributed by atoms with van der Waals surface area (Å²) in [5.41, 5.74) is 0.779. The molecule has 2 N–H and O–H groups in total. The highest BCUT2D eigenvalue weighted by Gasteiger charge is 2.10. The van der Waals surface area contributed by atoms with Crippen LogP contribution in [0.25, 0.3) is 0 Å². The molecule has 0 saturated carbocycles. The van der Waals surface area contributed by atoms with Crippen molar-refractivity contribution in [1.29, 1.82) is 0 Å². The van der Waals surface area contributed by atoms with Crippen molar-refractivity contribution in [2.45, 2.75) is 19.4 Å². The summed E-state index contributed by atoms with van der Waals surface area (Å²) < 4.78 is 10.3. The number of benzene rings is 1. The van der Waals surface area contributed by atoms with Crippen molar-refractivity contribution in [2.24, 2.45) is 0 Å². The molecular weight excluding hydrogens is 234 g/mol. The van der Waals surface area contributed by atoms with Gasteiger partial charge in [0.2, 0.25) is 5.91 Å². The van der Waals surface area contributed by atoms with Gasteiger partial charge in [-0.25, -0.2) is 0 Å². The maximum atomic E-state index is 11.6. The minimum atomic E-state index is -0.549. The first-order valence-electron chi connectivity index (χ1n) is 5.72. The number of amides is 1. The standard InChI is InChI=1S/C13H19NO4/c1-9(15)8-14-13(16)6-10-4-5-11(17-2)7-12(10)18-3/h4-5,7,9,15H,6,8H2,1-3H3,(H,14,16)/t9-/m0/s1. The second-order valence-corrected chi connectivity index (χ2v) is 4.01. The van der Waals surface area contributed by atoms with Gasteiger partial charge in [0.15, 0.2) is 0 Å². The van der Waals surface area contributed by atoms with Gasteiger partial charge in [0.05, 0.1) is 26.7 Å². The Morgan fingerprint density at radius 3 is 2.67 bits per heavy atom.